The largest absolute Gasteiger partial charge is 0.416 e. The van der Waals surface area contributed by atoms with Gasteiger partial charge in [-0.1, -0.05) is 22.0 Å². The van der Waals surface area contributed by atoms with Crippen LogP contribution in [0.4, 0.5) is 13.2 Å². The molecule has 0 aromatic heterocycles. The van der Waals surface area contributed by atoms with Crippen molar-refractivity contribution in [3.63, 3.8) is 0 Å². The van der Waals surface area contributed by atoms with Gasteiger partial charge in [0.15, 0.2) is 0 Å². The van der Waals surface area contributed by atoms with E-state index in [0.717, 1.165) is 22.5 Å². The number of nitrogens with zero attached hydrogens (tertiary/aromatic N) is 1. The molecule has 114 valence electrons. The molecule has 0 aliphatic heterocycles. The molecule has 3 nitrogen and oxygen atoms in total. The summed E-state index contributed by atoms with van der Waals surface area (Å²) in [5.41, 5.74) is -1.74. The minimum Gasteiger partial charge on any atom is -0.207 e. The molecule has 20 heavy (non-hydrogen) atoms. The number of hydrogen-bond acceptors (Lipinski definition) is 2. The van der Waals surface area contributed by atoms with Gasteiger partial charge >= 0.3 is 6.18 Å². The van der Waals surface area contributed by atoms with E-state index in [1.165, 1.54) is 7.05 Å². The van der Waals surface area contributed by atoms with Crippen LogP contribution in [0.3, 0.4) is 0 Å². The lowest BCUT2D eigenvalue weighted by molar-refractivity contribution is -0.137. The van der Waals surface area contributed by atoms with Gasteiger partial charge < -0.3 is 0 Å². The topological polar surface area (TPSA) is 37.4 Å². The summed E-state index contributed by atoms with van der Waals surface area (Å²) in [5.74, 6) is 0. The van der Waals surface area contributed by atoms with Gasteiger partial charge in [-0.3, -0.25) is 0 Å². The first-order chi connectivity index (χ1) is 8.93. The summed E-state index contributed by atoms with van der Waals surface area (Å²) in [6.07, 6.45) is -4.57. The predicted octanol–water partition coefficient (Wildman–Crippen LogP) is 3.50. The van der Waals surface area contributed by atoms with Crippen LogP contribution in [0.15, 0.2) is 29.2 Å². The molecule has 0 radical (unpaired) electrons. The van der Waals surface area contributed by atoms with Crippen LogP contribution in [0.25, 0.3) is 0 Å². The van der Waals surface area contributed by atoms with E-state index in [2.05, 4.69) is 15.9 Å². The molecule has 0 N–H and O–H groups in total. The monoisotopic (exact) mass is 373 g/mol. The molecule has 8 heteroatoms. The molecule has 0 saturated carbocycles. The van der Waals surface area contributed by atoms with E-state index in [1.54, 1.807) is 13.8 Å². The Hall–Kier alpha value is -0.600. The average Bonchev–Trinajstić information content (AvgIpc) is 2.37. The number of hydrogen-bond donors (Lipinski definition) is 0. The maximum Gasteiger partial charge on any atom is 0.416 e. The molecule has 0 unspecified atom stereocenters. The van der Waals surface area contributed by atoms with Crippen molar-refractivity contribution in [3.8, 4) is 0 Å². The molecule has 0 fully saturated rings. The van der Waals surface area contributed by atoms with Gasteiger partial charge in [0.1, 0.15) is 0 Å². The molecule has 0 bridgehead atoms. The van der Waals surface area contributed by atoms with E-state index in [1.807, 2.05) is 0 Å². The summed E-state index contributed by atoms with van der Waals surface area (Å²) in [5, 5.41) is 0.356. The van der Waals surface area contributed by atoms with Crippen molar-refractivity contribution in [2.45, 2.75) is 30.5 Å². The minimum absolute atomic E-state index is 0.356. The Morgan fingerprint density at radius 1 is 1.25 bits per heavy atom. The number of sulfonamides is 1. The fraction of sp³-hybridized carbons (Fsp3) is 0.500. The SMILES string of the molecule is CN(C(C)(C)CBr)S(=O)(=O)c1cccc(C(F)(F)F)c1. The van der Waals surface area contributed by atoms with Crippen LogP contribution in [-0.2, 0) is 16.2 Å². The standard InChI is InChI=1S/C12H15BrF3NO2S/c1-11(2,8-13)17(3)20(18,19)10-6-4-5-9(7-10)12(14,15)16/h4-7H,8H2,1-3H3. The first kappa shape index (κ1) is 17.5. The van der Waals surface area contributed by atoms with Gasteiger partial charge in [-0.05, 0) is 32.0 Å². The molecule has 0 heterocycles. The number of alkyl halides is 4. The summed E-state index contributed by atoms with van der Waals surface area (Å²) >= 11 is 3.20. The molecule has 0 spiro atoms. The third-order valence-electron chi connectivity index (χ3n) is 3.00. The normalized spacial score (nSPS) is 13.8. The second kappa shape index (κ2) is 5.65. The third-order valence-corrected chi connectivity index (χ3v) is 6.44. The van der Waals surface area contributed by atoms with Crippen LogP contribution >= 0.6 is 15.9 Å². The van der Waals surface area contributed by atoms with Crippen LogP contribution < -0.4 is 0 Å². The van der Waals surface area contributed by atoms with E-state index in [4.69, 9.17) is 0 Å². The number of benzene rings is 1. The summed E-state index contributed by atoms with van der Waals surface area (Å²) < 4.78 is 63.7. The lowest BCUT2D eigenvalue weighted by atomic mass is 10.1. The maximum atomic E-state index is 12.6. The van der Waals surface area contributed by atoms with Gasteiger partial charge in [0, 0.05) is 17.9 Å². The van der Waals surface area contributed by atoms with Crippen molar-refractivity contribution < 1.29 is 21.6 Å². The van der Waals surface area contributed by atoms with E-state index >= 15 is 0 Å². The van der Waals surface area contributed by atoms with Crippen LogP contribution in [0.5, 0.6) is 0 Å². The van der Waals surface area contributed by atoms with Gasteiger partial charge in [0.05, 0.1) is 10.5 Å². The Kier molecular flexibility index (Phi) is 4.93. The highest BCUT2D eigenvalue weighted by molar-refractivity contribution is 9.09. The number of rotatable bonds is 4. The molecule has 1 aromatic carbocycles. The Morgan fingerprint density at radius 2 is 1.80 bits per heavy atom. The van der Waals surface area contributed by atoms with Crippen LogP contribution in [0, 0.1) is 0 Å². The summed E-state index contributed by atoms with van der Waals surface area (Å²) in [7, 11) is -2.64. The zero-order valence-corrected chi connectivity index (χ0v) is 13.6. The van der Waals surface area contributed by atoms with Gasteiger partial charge in [0.25, 0.3) is 0 Å². The lowest BCUT2D eigenvalue weighted by Gasteiger charge is -2.33. The summed E-state index contributed by atoms with van der Waals surface area (Å²) in [4.78, 5) is -0.371. The number of halogens is 4. The highest BCUT2D eigenvalue weighted by Gasteiger charge is 2.36. The fourth-order valence-electron chi connectivity index (χ4n) is 1.40. The van der Waals surface area contributed by atoms with Crippen molar-refractivity contribution >= 4 is 26.0 Å². The molecule has 0 aliphatic rings. The van der Waals surface area contributed by atoms with Gasteiger partial charge in [0.2, 0.25) is 10.0 Å². The van der Waals surface area contributed by atoms with Crippen molar-refractivity contribution in [2.24, 2.45) is 0 Å². The molecule has 1 rings (SSSR count). The lowest BCUT2D eigenvalue weighted by Crippen LogP contribution is -2.46. The van der Waals surface area contributed by atoms with Gasteiger partial charge in [-0.25, -0.2) is 8.42 Å². The molecule has 0 saturated heterocycles. The summed E-state index contributed by atoms with van der Waals surface area (Å²) in [6, 6.07) is 3.74. The van der Waals surface area contributed by atoms with E-state index in [9.17, 15) is 21.6 Å². The smallest absolute Gasteiger partial charge is 0.207 e. The molecule has 1 aromatic rings. The van der Waals surface area contributed by atoms with E-state index < -0.39 is 27.3 Å². The zero-order valence-electron chi connectivity index (χ0n) is 11.2. The first-order valence-electron chi connectivity index (χ1n) is 5.65. The Morgan fingerprint density at radius 3 is 2.25 bits per heavy atom. The molecular formula is C12H15BrF3NO2S. The highest BCUT2D eigenvalue weighted by atomic mass is 79.9. The molecule has 0 aliphatic carbocycles. The van der Waals surface area contributed by atoms with Crippen molar-refractivity contribution in [1.82, 2.24) is 4.31 Å². The Bertz CT molecular complexity index is 585. The summed E-state index contributed by atoms with van der Waals surface area (Å²) in [6.45, 7) is 3.35. The maximum absolute atomic E-state index is 12.6. The first-order valence-corrected chi connectivity index (χ1v) is 8.21. The zero-order chi connectivity index (χ0) is 15.8. The second-order valence-corrected chi connectivity index (χ2v) is 7.47. The van der Waals surface area contributed by atoms with Crippen LogP contribution in [0.2, 0.25) is 0 Å². The van der Waals surface area contributed by atoms with E-state index in [-0.39, 0.29) is 4.90 Å². The van der Waals surface area contributed by atoms with Gasteiger partial charge in [-0.2, -0.15) is 17.5 Å². The van der Waals surface area contributed by atoms with Crippen LogP contribution in [0.1, 0.15) is 19.4 Å². The Labute approximate surface area is 125 Å². The fourth-order valence-corrected chi connectivity index (χ4v) is 3.50. The van der Waals surface area contributed by atoms with E-state index in [0.29, 0.717) is 11.4 Å². The molecule has 0 atom stereocenters. The predicted molar refractivity (Wildman–Crippen MR) is 74.3 cm³/mol. The second-order valence-electron chi connectivity index (χ2n) is 4.94. The van der Waals surface area contributed by atoms with Crippen LogP contribution in [-0.4, -0.2) is 30.6 Å². The van der Waals surface area contributed by atoms with Crippen molar-refractivity contribution in [2.75, 3.05) is 12.4 Å². The molecular weight excluding hydrogens is 359 g/mol. The highest BCUT2D eigenvalue weighted by Crippen LogP contribution is 2.32. The van der Waals surface area contributed by atoms with Crippen molar-refractivity contribution in [3.05, 3.63) is 29.8 Å². The molecule has 0 amide bonds. The Balaban J connectivity index is 3.31. The average molecular weight is 374 g/mol. The third kappa shape index (κ3) is 3.53. The van der Waals surface area contributed by atoms with Crippen molar-refractivity contribution in [1.29, 1.82) is 0 Å². The minimum atomic E-state index is -4.57. The quantitative estimate of drug-likeness (QED) is 0.757. The van der Waals surface area contributed by atoms with Gasteiger partial charge in [-0.15, -0.1) is 0 Å².